The third kappa shape index (κ3) is 1.37. The van der Waals surface area contributed by atoms with E-state index in [-0.39, 0.29) is 0 Å². The Balaban J connectivity index is 2.19. The van der Waals surface area contributed by atoms with Gasteiger partial charge in [0.1, 0.15) is 0 Å². The summed E-state index contributed by atoms with van der Waals surface area (Å²) in [5.74, 6) is 0.785. The molecule has 1 aromatic carbocycles. The topological polar surface area (TPSA) is 12.0 Å². The summed E-state index contributed by atoms with van der Waals surface area (Å²) < 4.78 is 0. The van der Waals surface area contributed by atoms with Gasteiger partial charge in [-0.1, -0.05) is 37.3 Å². The monoisotopic (exact) mass is 161 g/mol. The molecule has 1 N–H and O–H groups in total. The summed E-state index contributed by atoms with van der Waals surface area (Å²) in [4.78, 5) is 0. The second-order valence-electron chi connectivity index (χ2n) is 3.61. The smallest absolute Gasteiger partial charge is 0.0346 e. The minimum absolute atomic E-state index is 0.589. The van der Waals surface area contributed by atoms with Crippen molar-refractivity contribution in [2.24, 2.45) is 5.92 Å². The first kappa shape index (κ1) is 7.81. The van der Waals surface area contributed by atoms with Gasteiger partial charge >= 0.3 is 0 Å². The molecule has 0 spiro atoms. The molecule has 2 atom stereocenters. The summed E-state index contributed by atoms with van der Waals surface area (Å²) in [5.41, 5.74) is 1.43. The molecule has 1 aliphatic rings. The molecular weight excluding hydrogens is 146 g/mol. The lowest BCUT2D eigenvalue weighted by atomic mass is 9.96. The fourth-order valence-corrected chi connectivity index (χ4v) is 1.94. The molecule has 0 amide bonds. The van der Waals surface area contributed by atoms with Gasteiger partial charge in [0.2, 0.25) is 0 Å². The Kier molecular flexibility index (Phi) is 2.13. The molecule has 0 saturated carbocycles. The van der Waals surface area contributed by atoms with Crippen LogP contribution in [0.4, 0.5) is 0 Å². The summed E-state index contributed by atoms with van der Waals surface area (Å²) in [5, 5.41) is 3.52. The van der Waals surface area contributed by atoms with Gasteiger partial charge < -0.3 is 5.32 Å². The molecule has 1 fully saturated rings. The van der Waals surface area contributed by atoms with Crippen LogP contribution >= 0.6 is 0 Å². The first-order valence-corrected chi connectivity index (χ1v) is 4.66. The van der Waals surface area contributed by atoms with Gasteiger partial charge in [-0.15, -0.1) is 0 Å². The Morgan fingerprint density at radius 1 is 1.25 bits per heavy atom. The van der Waals surface area contributed by atoms with Gasteiger partial charge in [-0.25, -0.2) is 0 Å². The van der Waals surface area contributed by atoms with Crippen LogP contribution in [0.25, 0.3) is 0 Å². The number of nitrogens with one attached hydrogen (secondary N) is 1. The molecule has 1 aliphatic heterocycles. The van der Waals surface area contributed by atoms with Crippen LogP contribution < -0.4 is 5.32 Å². The standard InChI is InChI=1S/C11H15N/c1-9-7-8-12-11(9)10-5-3-2-4-6-10/h2-6,9,11-12H,7-8H2,1H3/t9-,11-/m1/s1. The zero-order valence-electron chi connectivity index (χ0n) is 7.46. The van der Waals surface area contributed by atoms with E-state index in [4.69, 9.17) is 0 Å². The van der Waals surface area contributed by atoms with Gasteiger partial charge in [0.25, 0.3) is 0 Å². The number of hydrogen-bond acceptors (Lipinski definition) is 1. The average Bonchev–Trinajstić information content (AvgIpc) is 2.53. The molecule has 1 heterocycles. The SMILES string of the molecule is C[C@@H]1CCN[C@H]1c1ccccc1. The number of hydrogen-bond donors (Lipinski definition) is 1. The van der Waals surface area contributed by atoms with Crippen LogP contribution in [-0.4, -0.2) is 6.54 Å². The van der Waals surface area contributed by atoms with Crippen LogP contribution in [0.5, 0.6) is 0 Å². The van der Waals surface area contributed by atoms with E-state index in [1.165, 1.54) is 18.5 Å². The average molecular weight is 161 g/mol. The molecule has 64 valence electrons. The van der Waals surface area contributed by atoms with Crippen molar-refractivity contribution in [2.75, 3.05) is 6.54 Å². The molecule has 1 saturated heterocycles. The highest BCUT2D eigenvalue weighted by molar-refractivity contribution is 5.20. The predicted molar refractivity (Wildman–Crippen MR) is 51.0 cm³/mol. The molecule has 2 rings (SSSR count). The molecule has 0 bridgehead atoms. The summed E-state index contributed by atoms with van der Waals surface area (Å²) in [6.45, 7) is 3.48. The maximum atomic E-state index is 3.52. The highest BCUT2D eigenvalue weighted by Gasteiger charge is 2.23. The number of benzene rings is 1. The molecule has 1 aromatic rings. The van der Waals surface area contributed by atoms with Crippen molar-refractivity contribution >= 4 is 0 Å². The van der Waals surface area contributed by atoms with Crippen molar-refractivity contribution in [2.45, 2.75) is 19.4 Å². The van der Waals surface area contributed by atoms with E-state index in [1.807, 2.05) is 0 Å². The van der Waals surface area contributed by atoms with Gasteiger partial charge in [0.15, 0.2) is 0 Å². The quantitative estimate of drug-likeness (QED) is 0.666. The third-order valence-electron chi connectivity index (χ3n) is 2.69. The lowest BCUT2D eigenvalue weighted by Gasteiger charge is -2.15. The van der Waals surface area contributed by atoms with Gasteiger partial charge in [-0.3, -0.25) is 0 Å². The normalized spacial score (nSPS) is 29.1. The second-order valence-corrected chi connectivity index (χ2v) is 3.61. The van der Waals surface area contributed by atoms with Crippen molar-refractivity contribution in [1.29, 1.82) is 0 Å². The van der Waals surface area contributed by atoms with E-state index in [9.17, 15) is 0 Å². The molecule has 1 nitrogen and oxygen atoms in total. The fraction of sp³-hybridized carbons (Fsp3) is 0.455. The van der Waals surface area contributed by atoms with Crippen LogP contribution in [0.2, 0.25) is 0 Å². The van der Waals surface area contributed by atoms with Crippen LogP contribution in [0.1, 0.15) is 24.9 Å². The Labute approximate surface area is 73.8 Å². The molecule has 0 aromatic heterocycles. The maximum Gasteiger partial charge on any atom is 0.0346 e. The van der Waals surface area contributed by atoms with Gasteiger partial charge in [-0.2, -0.15) is 0 Å². The van der Waals surface area contributed by atoms with E-state index in [0.29, 0.717) is 6.04 Å². The molecule has 0 aliphatic carbocycles. The van der Waals surface area contributed by atoms with Gasteiger partial charge in [0, 0.05) is 6.04 Å². The predicted octanol–water partition coefficient (Wildman–Crippen LogP) is 2.36. The maximum absolute atomic E-state index is 3.52. The first-order valence-electron chi connectivity index (χ1n) is 4.66. The lowest BCUT2D eigenvalue weighted by Crippen LogP contribution is -2.16. The first-order chi connectivity index (χ1) is 5.88. The van der Waals surface area contributed by atoms with Crippen LogP contribution in [0, 0.1) is 5.92 Å². The molecule has 0 radical (unpaired) electrons. The van der Waals surface area contributed by atoms with Crippen LogP contribution in [0.15, 0.2) is 30.3 Å². The van der Waals surface area contributed by atoms with Crippen molar-refractivity contribution < 1.29 is 0 Å². The van der Waals surface area contributed by atoms with Crippen LogP contribution in [-0.2, 0) is 0 Å². The third-order valence-corrected chi connectivity index (χ3v) is 2.69. The van der Waals surface area contributed by atoms with Crippen molar-refractivity contribution in [3.05, 3.63) is 35.9 Å². The summed E-state index contributed by atoms with van der Waals surface area (Å²) in [6, 6.07) is 11.3. The Morgan fingerprint density at radius 2 is 2.00 bits per heavy atom. The Hall–Kier alpha value is -0.820. The van der Waals surface area contributed by atoms with E-state index >= 15 is 0 Å². The van der Waals surface area contributed by atoms with E-state index in [2.05, 4.69) is 42.6 Å². The lowest BCUT2D eigenvalue weighted by molar-refractivity contribution is 0.504. The van der Waals surface area contributed by atoms with E-state index in [1.54, 1.807) is 0 Å². The highest BCUT2D eigenvalue weighted by Crippen LogP contribution is 2.28. The van der Waals surface area contributed by atoms with Crippen molar-refractivity contribution in [1.82, 2.24) is 5.32 Å². The summed E-state index contributed by atoms with van der Waals surface area (Å²) in [7, 11) is 0. The number of rotatable bonds is 1. The zero-order chi connectivity index (χ0) is 8.39. The van der Waals surface area contributed by atoms with Gasteiger partial charge in [0.05, 0.1) is 0 Å². The molecular formula is C11H15N. The largest absolute Gasteiger partial charge is 0.310 e. The van der Waals surface area contributed by atoms with Crippen LogP contribution in [0.3, 0.4) is 0 Å². The van der Waals surface area contributed by atoms with Gasteiger partial charge in [-0.05, 0) is 24.4 Å². The summed E-state index contributed by atoms with van der Waals surface area (Å²) >= 11 is 0. The minimum Gasteiger partial charge on any atom is -0.310 e. The van der Waals surface area contributed by atoms with E-state index < -0.39 is 0 Å². The van der Waals surface area contributed by atoms with Crippen molar-refractivity contribution in [3.8, 4) is 0 Å². The Morgan fingerprint density at radius 3 is 2.58 bits per heavy atom. The molecule has 0 unspecified atom stereocenters. The fourth-order valence-electron chi connectivity index (χ4n) is 1.94. The molecule has 12 heavy (non-hydrogen) atoms. The second kappa shape index (κ2) is 3.28. The van der Waals surface area contributed by atoms with E-state index in [0.717, 1.165) is 5.92 Å². The zero-order valence-corrected chi connectivity index (χ0v) is 7.46. The molecule has 1 heteroatoms. The summed E-state index contributed by atoms with van der Waals surface area (Å²) in [6.07, 6.45) is 1.31. The Bertz CT molecular complexity index is 242. The minimum atomic E-state index is 0.589. The van der Waals surface area contributed by atoms with Crippen molar-refractivity contribution in [3.63, 3.8) is 0 Å². The highest BCUT2D eigenvalue weighted by atomic mass is 14.9.